The molecule has 0 saturated heterocycles. The largest absolute Gasteiger partial charge is 0.497 e. The molecule has 0 atom stereocenters. The van der Waals surface area contributed by atoms with Gasteiger partial charge in [-0.25, -0.2) is 9.50 Å². The summed E-state index contributed by atoms with van der Waals surface area (Å²) in [5.74, 6) is 1.62. The highest BCUT2D eigenvalue weighted by atomic mass is 16.5. The quantitative estimate of drug-likeness (QED) is 0.365. The fourth-order valence-electron chi connectivity index (χ4n) is 3.52. The zero-order chi connectivity index (χ0) is 21.0. The maximum absolute atomic E-state index is 5.97. The molecule has 0 radical (unpaired) electrons. The first-order valence-corrected chi connectivity index (χ1v) is 10.0. The second-order valence-electron chi connectivity index (χ2n) is 7.20. The van der Waals surface area contributed by atoms with E-state index in [0.29, 0.717) is 6.61 Å². The van der Waals surface area contributed by atoms with Gasteiger partial charge in [0.2, 0.25) is 0 Å². The van der Waals surface area contributed by atoms with E-state index in [4.69, 9.17) is 14.5 Å². The third kappa shape index (κ3) is 3.98. The van der Waals surface area contributed by atoms with Crippen molar-refractivity contribution in [1.82, 2.24) is 14.6 Å². The van der Waals surface area contributed by atoms with Crippen LogP contribution in [0.25, 0.3) is 27.9 Å². The van der Waals surface area contributed by atoms with Crippen LogP contribution in [0.5, 0.6) is 11.5 Å². The second-order valence-corrected chi connectivity index (χ2v) is 7.20. The molecule has 31 heavy (non-hydrogen) atoms. The lowest BCUT2D eigenvalue weighted by molar-refractivity contribution is 0.306. The SMILES string of the molecule is COc1cccc(-c2cnn3cc(-c4cccc(OCc5ccccc5)c4)cnc23)c1. The second kappa shape index (κ2) is 8.32. The highest BCUT2D eigenvalue weighted by molar-refractivity contribution is 5.78. The molecular formula is C26H21N3O2. The molecule has 2 heterocycles. The molecule has 0 bridgehead atoms. The summed E-state index contributed by atoms with van der Waals surface area (Å²) in [7, 11) is 1.66. The summed E-state index contributed by atoms with van der Waals surface area (Å²) >= 11 is 0. The van der Waals surface area contributed by atoms with E-state index >= 15 is 0 Å². The van der Waals surface area contributed by atoms with Crippen LogP contribution >= 0.6 is 0 Å². The van der Waals surface area contributed by atoms with E-state index in [9.17, 15) is 0 Å². The summed E-state index contributed by atoms with van der Waals surface area (Å²) in [5, 5.41) is 4.52. The van der Waals surface area contributed by atoms with Gasteiger partial charge in [-0.05, 0) is 41.0 Å². The van der Waals surface area contributed by atoms with Gasteiger partial charge in [0.1, 0.15) is 18.1 Å². The van der Waals surface area contributed by atoms with Gasteiger partial charge in [-0.1, -0.05) is 54.6 Å². The van der Waals surface area contributed by atoms with E-state index in [2.05, 4.69) is 17.2 Å². The van der Waals surface area contributed by atoms with Crippen LogP contribution in [0.2, 0.25) is 0 Å². The topological polar surface area (TPSA) is 48.7 Å². The highest BCUT2D eigenvalue weighted by Crippen LogP contribution is 2.29. The predicted octanol–water partition coefficient (Wildman–Crippen LogP) is 5.65. The van der Waals surface area contributed by atoms with Crippen molar-refractivity contribution < 1.29 is 9.47 Å². The van der Waals surface area contributed by atoms with Gasteiger partial charge in [-0.15, -0.1) is 0 Å². The number of ether oxygens (including phenoxy) is 2. The molecule has 0 aliphatic rings. The van der Waals surface area contributed by atoms with Crippen LogP contribution in [0, 0.1) is 0 Å². The Kier molecular flexibility index (Phi) is 5.07. The van der Waals surface area contributed by atoms with E-state index in [-0.39, 0.29) is 0 Å². The fourth-order valence-corrected chi connectivity index (χ4v) is 3.52. The molecule has 0 unspecified atom stereocenters. The third-order valence-electron chi connectivity index (χ3n) is 5.15. The zero-order valence-electron chi connectivity index (χ0n) is 17.1. The van der Waals surface area contributed by atoms with Crippen molar-refractivity contribution in [2.24, 2.45) is 0 Å². The lowest BCUT2D eigenvalue weighted by atomic mass is 10.1. The van der Waals surface area contributed by atoms with Crippen LogP contribution in [0.3, 0.4) is 0 Å². The Morgan fingerprint density at radius 3 is 2.39 bits per heavy atom. The lowest BCUT2D eigenvalue weighted by Crippen LogP contribution is -1.96. The maximum Gasteiger partial charge on any atom is 0.162 e. The number of methoxy groups -OCH3 is 1. The van der Waals surface area contributed by atoms with Crippen molar-refractivity contribution in [1.29, 1.82) is 0 Å². The molecule has 5 heteroatoms. The van der Waals surface area contributed by atoms with Crippen LogP contribution in [0.1, 0.15) is 5.56 Å². The Morgan fingerprint density at radius 1 is 0.774 bits per heavy atom. The molecule has 2 aromatic heterocycles. The molecule has 5 rings (SSSR count). The van der Waals surface area contributed by atoms with Crippen molar-refractivity contribution in [3.63, 3.8) is 0 Å². The van der Waals surface area contributed by atoms with E-state index < -0.39 is 0 Å². The minimum absolute atomic E-state index is 0.532. The Bertz CT molecular complexity index is 1330. The van der Waals surface area contributed by atoms with Crippen molar-refractivity contribution in [3.05, 3.63) is 103 Å². The average molecular weight is 407 g/mol. The first kappa shape index (κ1) is 18.9. The standard InChI is InChI=1S/C26H21N3O2/c1-30-23-11-6-10-21(14-23)25-16-28-29-17-22(15-27-26(25)29)20-9-5-12-24(13-20)31-18-19-7-3-2-4-8-19/h2-17H,18H2,1H3. The molecule has 0 amide bonds. The Labute approximate surface area is 180 Å². The van der Waals surface area contributed by atoms with Crippen LogP contribution in [-0.4, -0.2) is 21.7 Å². The highest BCUT2D eigenvalue weighted by Gasteiger charge is 2.10. The molecule has 0 aliphatic heterocycles. The van der Waals surface area contributed by atoms with Gasteiger partial charge in [-0.2, -0.15) is 5.10 Å². The average Bonchev–Trinajstić information content (AvgIpc) is 3.27. The fraction of sp³-hybridized carbons (Fsp3) is 0.0769. The van der Waals surface area contributed by atoms with Crippen molar-refractivity contribution in [2.75, 3.05) is 7.11 Å². The normalized spacial score (nSPS) is 10.9. The summed E-state index contributed by atoms with van der Waals surface area (Å²) in [5.41, 5.74) is 5.92. The van der Waals surface area contributed by atoms with E-state index in [0.717, 1.165) is 45.0 Å². The van der Waals surface area contributed by atoms with Crippen LogP contribution in [-0.2, 0) is 6.61 Å². The predicted molar refractivity (Wildman–Crippen MR) is 121 cm³/mol. The Hall–Kier alpha value is -4.12. The summed E-state index contributed by atoms with van der Waals surface area (Å²) in [6.07, 6.45) is 5.69. The number of fused-ring (bicyclic) bond motifs is 1. The van der Waals surface area contributed by atoms with Crippen LogP contribution in [0.15, 0.2) is 97.5 Å². The van der Waals surface area contributed by atoms with Gasteiger partial charge < -0.3 is 9.47 Å². The molecule has 0 N–H and O–H groups in total. The molecule has 5 nitrogen and oxygen atoms in total. The van der Waals surface area contributed by atoms with Crippen LogP contribution < -0.4 is 9.47 Å². The van der Waals surface area contributed by atoms with Crippen molar-refractivity contribution >= 4 is 5.65 Å². The minimum Gasteiger partial charge on any atom is -0.497 e. The van der Waals surface area contributed by atoms with Gasteiger partial charge in [0.25, 0.3) is 0 Å². The van der Waals surface area contributed by atoms with Gasteiger partial charge in [-0.3, -0.25) is 0 Å². The maximum atomic E-state index is 5.97. The number of hydrogen-bond acceptors (Lipinski definition) is 4. The van der Waals surface area contributed by atoms with Crippen LogP contribution in [0.4, 0.5) is 0 Å². The summed E-state index contributed by atoms with van der Waals surface area (Å²) < 4.78 is 13.1. The van der Waals surface area contributed by atoms with Gasteiger partial charge in [0, 0.05) is 23.5 Å². The molecule has 3 aromatic carbocycles. The van der Waals surface area contributed by atoms with Crippen molar-refractivity contribution in [3.8, 4) is 33.8 Å². The summed E-state index contributed by atoms with van der Waals surface area (Å²) in [4.78, 5) is 4.69. The monoisotopic (exact) mass is 407 g/mol. The molecular weight excluding hydrogens is 386 g/mol. The van der Waals surface area contributed by atoms with Gasteiger partial charge >= 0.3 is 0 Å². The van der Waals surface area contributed by atoms with E-state index in [1.165, 1.54) is 0 Å². The number of rotatable bonds is 6. The van der Waals surface area contributed by atoms with Crippen molar-refractivity contribution in [2.45, 2.75) is 6.61 Å². The molecule has 152 valence electrons. The summed E-state index contributed by atoms with van der Waals surface area (Å²) in [6, 6.07) is 26.1. The lowest BCUT2D eigenvalue weighted by Gasteiger charge is -2.09. The molecule has 0 aliphatic carbocycles. The van der Waals surface area contributed by atoms with E-state index in [1.54, 1.807) is 7.11 Å². The number of hydrogen-bond donors (Lipinski definition) is 0. The molecule has 0 spiro atoms. The third-order valence-corrected chi connectivity index (χ3v) is 5.15. The number of aromatic nitrogens is 3. The zero-order valence-corrected chi connectivity index (χ0v) is 17.1. The van der Waals surface area contributed by atoms with E-state index in [1.807, 2.05) is 89.8 Å². The Balaban J connectivity index is 1.42. The minimum atomic E-state index is 0.532. The number of nitrogens with zero attached hydrogens (tertiary/aromatic N) is 3. The number of benzene rings is 3. The molecule has 5 aromatic rings. The first-order valence-electron chi connectivity index (χ1n) is 10.0. The first-order chi connectivity index (χ1) is 15.3. The smallest absolute Gasteiger partial charge is 0.162 e. The Morgan fingerprint density at radius 2 is 1.55 bits per heavy atom. The van der Waals surface area contributed by atoms with Gasteiger partial charge in [0.05, 0.1) is 13.3 Å². The summed E-state index contributed by atoms with van der Waals surface area (Å²) in [6.45, 7) is 0.532. The van der Waals surface area contributed by atoms with Gasteiger partial charge in [0.15, 0.2) is 5.65 Å². The molecule has 0 fully saturated rings. The molecule has 0 saturated carbocycles.